The van der Waals surface area contributed by atoms with Gasteiger partial charge >= 0.3 is 0 Å². The van der Waals surface area contributed by atoms with Gasteiger partial charge in [0.1, 0.15) is 0 Å². The summed E-state index contributed by atoms with van der Waals surface area (Å²) in [5.41, 5.74) is 1.21. The van der Waals surface area contributed by atoms with Crippen molar-refractivity contribution >= 4 is 0 Å². The van der Waals surface area contributed by atoms with Crippen LogP contribution < -0.4 is 5.32 Å². The highest BCUT2D eigenvalue weighted by Gasteiger charge is 2.21. The van der Waals surface area contributed by atoms with Crippen molar-refractivity contribution < 1.29 is 5.11 Å². The van der Waals surface area contributed by atoms with Gasteiger partial charge in [0.05, 0.1) is 6.61 Å². The quantitative estimate of drug-likeness (QED) is 0.795. The molecule has 2 heterocycles. The second kappa shape index (κ2) is 6.83. The Labute approximate surface area is 109 Å². The number of rotatable bonds is 6. The summed E-state index contributed by atoms with van der Waals surface area (Å²) in [6.45, 7) is 5.22. The number of aliphatic hydroxyl groups is 1. The van der Waals surface area contributed by atoms with Gasteiger partial charge in [-0.2, -0.15) is 0 Å². The van der Waals surface area contributed by atoms with Gasteiger partial charge in [-0.25, -0.2) is 0 Å². The van der Waals surface area contributed by atoms with Crippen molar-refractivity contribution in [3.8, 4) is 0 Å². The Hall–Kier alpha value is -0.970. The monoisotopic (exact) mass is 249 g/mol. The molecule has 0 spiro atoms. The number of aliphatic hydroxyl groups excluding tert-OH is 1. The van der Waals surface area contributed by atoms with Gasteiger partial charge in [0, 0.05) is 37.6 Å². The summed E-state index contributed by atoms with van der Waals surface area (Å²) in [7, 11) is 0. The molecule has 2 atom stereocenters. The molecule has 0 saturated carbocycles. The third-order valence-corrected chi connectivity index (χ3v) is 3.72. The first-order valence-electron chi connectivity index (χ1n) is 6.79. The lowest BCUT2D eigenvalue weighted by Crippen LogP contribution is -2.40. The molecule has 0 bridgehead atoms. The zero-order valence-electron chi connectivity index (χ0n) is 11.0. The number of pyridine rings is 1. The van der Waals surface area contributed by atoms with Gasteiger partial charge in [0.25, 0.3) is 0 Å². The Morgan fingerprint density at radius 1 is 1.61 bits per heavy atom. The van der Waals surface area contributed by atoms with Crippen molar-refractivity contribution in [1.29, 1.82) is 0 Å². The fraction of sp³-hybridized carbons (Fsp3) is 0.643. The molecule has 100 valence electrons. The van der Waals surface area contributed by atoms with Crippen molar-refractivity contribution in [2.45, 2.75) is 31.8 Å². The van der Waals surface area contributed by atoms with Crippen LogP contribution in [0.5, 0.6) is 0 Å². The van der Waals surface area contributed by atoms with Gasteiger partial charge in [-0.3, -0.25) is 9.88 Å². The lowest BCUT2D eigenvalue weighted by Gasteiger charge is -2.31. The maximum atomic E-state index is 9.23. The van der Waals surface area contributed by atoms with E-state index in [1.807, 2.05) is 12.3 Å². The van der Waals surface area contributed by atoms with E-state index in [1.54, 1.807) is 6.20 Å². The number of hydrogen-bond acceptors (Lipinski definition) is 4. The molecular formula is C14H23N3O. The van der Waals surface area contributed by atoms with Gasteiger partial charge in [-0.15, -0.1) is 0 Å². The van der Waals surface area contributed by atoms with Crippen LogP contribution in [0, 0.1) is 0 Å². The number of nitrogens with zero attached hydrogens (tertiary/aromatic N) is 2. The van der Waals surface area contributed by atoms with Crippen LogP contribution >= 0.6 is 0 Å². The van der Waals surface area contributed by atoms with Gasteiger partial charge in [-0.05, 0) is 37.9 Å². The summed E-state index contributed by atoms with van der Waals surface area (Å²) in [6.07, 6.45) is 6.21. The Morgan fingerprint density at radius 3 is 3.11 bits per heavy atom. The Kier molecular flexibility index (Phi) is 5.11. The number of nitrogens with one attached hydrogen (secondary N) is 1. The third-order valence-electron chi connectivity index (χ3n) is 3.72. The van der Waals surface area contributed by atoms with Gasteiger partial charge < -0.3 is 10.4 Å². The summed E-state index contributed by atoms with van der Waals surface area (Å²) < 4.78 is 0. The van der Waals surface area contributed by atoms with E-state index < -0.39 is 0 Å². The topological polar surface area (TPSA) is 48.4 Å². The zero-order chi connectivity index (χ0) is 12.8. The Morgan fingerprint density at radius 2 is 2.50 bits per heavy atom. The first-order chi connectivity index (χ1) is 8.81. The average molecular weight is 249 g/mol. The van der Waals surface area contributed by atoms with Crippen LogP contribution in [0.15, 0.2) is 24.5 Å². The van der Waals surface area contributed by atoms with Crippen LogP contribution in [0.25, 0.3) is 0 Å². The maximum absolute atomic E-state index is 9.23. The standard InChI is InChI=1S/C14H23N3O/c1-12(13-4-2-6-15-10-13)17(8-9-18)11-14-5-3-7-16-14/h2,4,6,10,12,14,16,18H,3,5,7-9,11H2,1H3. The minimum atomic E-state index is 0.206. The second-order valence-electron chi connectivity index (χ2n) is 4.97. The third kappa shape index (κ3) is 3.51. The molecule has 0 aromatic carbocycles. The van der Waals surface area contributed by atoms with Gasteiger partial charge in [0.2, 0.25) is 0 Å². The summed E-state index contributed by atoms with van der Waals surface area (Å²) in [4.78, 5) is 6.51. The minimum Gasteiger partial charge on any atom is -0.395 e. The molecule has 18 heavy (non-hydrogen) atoms. The van der Waals surface area contributed by atoms with Crippen molar-refractivity contribution in [3.63, 3.8) is 0 Å². The van der Waals surface area contributed by atoms with Gasteiger partial charge in [-0.1, -0.05) is 6.07 Å². The smallest absolute Gasteiger partial charge is 0.0558 e. The highest BCUT2D eigenvalue weighted by molar-refractivity contribution is 5.13. The van der Waals surface area contributed by atoms with E-state index in [0.29, 0.717) is 18.6 Å². The molecule has 1 aromatic heterocycles. The van der Waals surface area contributed by atoms with Crippen molar-refractivity contribution in [2.75, 3.05) is 26.2 Å². The molecule has 1 saturated heterocycles. The molecule has 4 nitrogen and oxygen atoms in total. The lowest BCUT2D eigenvalue weighted by molar-refractivity contribution is 0.147. The van der Waals surface area contributed by atoms with E-state index in [2.05, 4.69) is 28.2 Å². The van der Waals surface area contributed by atoms with E-state index in [4.69, 9.17) is 0 Å². The highest BCUT2D eigenvalue weighted by atomic mass is 16.3. The average Bonchev–Trinajstić information content (AvgIpc) is 2.91. The van der Waals surface area contributed by atoms with Crippen LogP contribution in [0.3, 0.4) is 0 Å². The van der Waals surface area contributed by atoms with E-state index in [9.17, 15) is 5.11 Å². The fourth-order valence-corrected chi connectivity index (χ4v) is 2.60. The van der Waals surface area contributed by atoms with Crippen LogP contribution in [0.4, 0.5) is 0 Å². The molecule has 2 rings (SSSR count). The normalized spacial score (nSPS) is 21.4. The first-order valence-corrected chi connectivity index (χ1v) is 6.79. The van der Waals surface area contributed by atoms with E-state index in [-0.39, 0.29) is 6.61 Å². The highest BCUT2D eigenvalue weighted by Crippen LogP contribution is 2.20. The predicted octanol–water partition coefficient (Wildman–Crippen LogP) is 1.19. The summed E-state index contributed by atoms with van der Waals surface area (Å²) in [6, 6.07) is 4.94. The van der Waals surface area contributed by atoms with Gasteiger partial charge in [0.15, 0.2) is 0 Å². The van der Waals surface area contributed by atoms with Crippen LogP contribution in [0.2, 0.25) is 0 Å². The molecular weight excluding hydrogens is 226 g/mol. The second-order valence-corrected chi connectivity index (χ2v) is 4.97. The summed E-state index contributed by atoms with van der Waals surface area (Å²) in [5.74, 6) is 0. The fourth-order valence-electron chi connectivity index (χ4n) is 2.60. The van der Waals surface area contributed by atoms with Crippen molar-refractivity contribution in [2.24, 2.45) is 0 Å². The van der Waals surface area contributed by atoms with Crippen LogP contribution in [-0.2, 0) is 0 Å². The molecule has 4 heteroatoms. The van der Waals surface area contributed by atoms with Crippen molar-refractivity contribution in [3.05, 3.63) is 30.1 Å². The van der Waals surface area contributed by atoms with E-state index >= 15 is 0 Å². The molecule has 1 aliphatic rings. The molecule has 1 fully saturated rings. The van der Waals surface area contributed by atoms with E-state index in [0.717, 1.165) is 13.1 Å². The molecule has 0 radical (unpaired) electrons. The van der Waals surface area contributed by atoms with E-state index in [1.165, 1.54) is 18.4 Å². The maximum Gasteiger partial charge on any atom is 0.0558 e. The Bertz CT molecular complexity index is 338. The Balaban J connectivity index is 1.99. The zero-order valence-corrected chi connectivity index (χ0v) is 11.0. The predicted molar refractivity (Wildman–Crippen MR) is 72.3 cm³/mol. The molecule has 2 N–H and O–H groups in total. The van der Waals surface area contributed by atoms with Crippen LogP contribution in [0.1, 0.15) is 31.4 Å². The molecule has 0 amide bonds. The number of aromatic nitrogens is 1. The largest absolute Gasteiger partial charge is 0.395 e. The first kappa shape index (κ1) is 13.5. The minimum absolute atomic E-state index is 0.206. The van der Waals surface area contributed by atoms with Crippen LogP contribution in [-0.4, -0.2) is 47.3 Å². The SMILES string of the molecule is CC(c1cccnc1)N(CCO)CC1CCCN1. The summed E-state index contributed by atoms with van der Waals surface area (Å²) in [5, 5.41) is 12.7. The molecule has 1 aliphatic heterocycles. The molecule has 2 unspecified atom stereocenters. The molecule has 0 aliphatic carbocycles. The number of hydrogen-bond donors (Lipinski definition) is 2. The van der Waals surface area contributed by atoms with Crippen molar-refractivity contribution in [1.82, 2.24) is 15.2 Å². The molecule has 1 aromatic rings. The lowest BCUT2D eigenvalue weighted by atomic mass is 10.1. The summed E-state index contributed by atoms with van der Waals surface area (Å²) >= 11 is 0.